The number of nitrogens with zero attached hydrogens (tertiary/aromatic N) is 2. The third kappa shape index (κ3) is 3.49. The third-order valence-electron chi connectivity index (χ3n) is 3.59. The summed E-state index contributed by atoms with van der Waals surface area (Å²) in [5.74, 6) is -1.39. The molecule has 0 bridgehead atoms. The predicted octanol–water partition coefficient (Wildman–Crippen LogP) is 4.28. The molecule has 1 aromatic heterocycles. The molecule has 124 valence electrons. The lowest BCUT2D eigenvalue weighted by atomic mass is 10.1. The molecule has 24 heavy (non-hydrogen) atoms. The van der Waals surface area contributed by atoms with Gasteiger partial charge in [0.1, 0.15) is 11.6 Å². The Morgan fingerprint density at radius 1 is 1.17 bits per heavy atom. The lowest BCUT2D eigenvalue weighted by molar-refractivity contribution is 0.193. The van der Waals surface area contributed by atoms with Crippen molar-refractivity contribution in [3.63, 3.8) is 0 Å². The number of aromatic nitrogens is 2. The molecular formula is C18H16F2N2OS. The molecule has 3 rings (SSSR count). The number of aliphatic hydroxyl groups excluding tert-OH is 1. The van der Waals surface area contributed by atoms with Gasteiger partial charge in [0.2, 0.25) is 0 Å². The van der Waals surface area contributed by atoms with E-state index in [-0.39, 0.29) is 11.3 Å². The molecule has 0 saturated carbocycles. The summed E-state index contributed by atoms with van der Waals surface area (Å²) in [5, 5.41) is 10.8. The van der Waals surface area contributed by atoms with E-state index in [1.807, 2.05) is 42.0 Å². The number of halogens is 2. The van der Waals surface area contributed by atoms with Gasteiger partial charge in [0, 0.05) is 23.8 Å². The molecule has 2 aromatic carbocycles. The van der Waals surface area contributed by atoms with E-state index in [9.17, 15) is 13.9 Å². The van der Waals surface area contributed by atoms with Crippen LogP contribution in [-0.2, 0) is 0 Å². The van der Waals surface area contributed by atoms with E-state index in [4.69, 9.17) is 0 Å². The van der Waals surface area contributed by atoms with Crippen LogP contribution in [0.2, 0.25) is 0 Å². The SMILES string of the molecule is Cc1cccc(-n2ccnc2SCC(O)c2c(F)cccc2F)c1. The van der Waals surface area contributed by atoms with Crippen LogP contribution in [0.5, 0.6) is 0 Å². The number of rotatable bonds is 5. The highest BCUT2D eigenvalue weighted by atomic mass is 32.2. The molecule has 1 N–H and O–H groups in total. The van der Waals surface area contributed by atoms with Gasteiger partial charge in [-0.2, -0.15) is 0 Å². The Bertz CT molecular complexity index is 830. The van der Waals surface area contributed by atoms with Gasteiger partial charge in [-0.25, -0.2) is 13.8 Å². The fraction of sp³-hybridized carbons (Fsp3) is 0.167. The molecule has 0 amide bonds. The molecule has 1 atom stereocenters. The maximum Gasteiger partial charge on any atom is 0.172 e. The minimum atomic E-state index is -1.25. The van der Waals surface area contributed by atoms with Gasteiger partial charge in [-0.3, -0.25) is 4.57 Å². The highest BCUT2D eigenvalue weighted by Crippen LogP contribution is 2.28. The summed E-state index contributed by atoms with van der Waals surface area (Å²) in [6.45, 7) is 2.00. The van der Waals surface area contributed by atoms with Crippen molar-refractivity contribution in [2.45, 2.75) is 18.2 Å². The molecule has 0 radical (unpaired) electrons. The summed E-state index contributed by atoms with van der Waals surface area (Å²) in [6.07, 6.45) is 2.22. The summed E-state index contributed by atoms with van der Waals surface area (Å²) in [6, 6.07) is 11.5. The highest BCUT2D eigenvalue weighted by Gasteiger charge is 2.19. The van der Waals surface area contributed by atoms with Gasteiger partial charge in [0.05, 0.1) is 11.7 Å². The standard InChI is InChI=1S/C18H16F2N2OS/c1-12-4-2-5-13(10-12)22-9-8-21-18(22)24-11-16(23)17-14(19)6-3-7-15(17)20/h2-10,16,23H,11H2,1H3. The van der Waals surface area contributed by atoms with Gasteiger partial charge in [-0.1, -0.05) is 30.0 Å². The molecule has 0 fully saturated rings. The van der Waals surface area contributed by atoms with E-state index < -0.39 is 17.7 Å². The van der Waals surface area contributed by atoms with Crippen molar-refractivity contribution in [3.8, 4) is 5.69 Å². The van der Waals surface area contributed by atoms with Crippen LogP contribution >= 0.6 is 11.8 Å². The molecule has 0 aliphatic carbocycles. The number of aryl methyl sites for hydroxylation is 1. The zero-order valence-electron chi connectivity index (χ0n) is 13.0. The minimum Gasteiger partial charge on any atom is -0.387 e. The molecule has 0 aliphatic heterocycles. The lowest BCUT2D eigenvalue weighted by Crippen LogP contribution is -2.07. The van der Waals surface area contributed by atoms with E-state index in [0.717, 1.165) is 23.4 Å². The summed E-state index contributed by atoms with van der Waals surface area (Å²) >= 11 is 1.24. The van der Waals surface area contributed by atoms with Gasteiger partial charge in [-0.05, 0) is 36.8 Å². The first-order chi connectivity index (χ1) is 11.6. The number of hydrogen-bond donors (Lipinski definition) is 1. The van der Waals surface area contributed by atoms with Crippen molar-refractivity contribution < 1.29 is 13.9 Å². The van der Waals surface area contributed by atoms with Gasteiger partial charge in [-0.15, -0.1) is 0 Å². The van der Waals surface area contributed by atoms with E-state index >= 15 is 0 Å². The molecule has 3 nitrogen and oxygen atoms in total. The lowest BCUT2D eigenvalue weighted by Gasteiger charge is -2.13. The van der Waals surface area contributed by atoms with Crippen molar-refractivity contribution in [1.29, 1.82) is 0 Å². The number of benzene rings is 2. The van der Waals surface area contributed by atoms with Gasteiger partial charge in [0.15, 0.2) is 5.16 Å². The predicted molar refractivity (Wildman–Crippen MR) is 90.3 cm³/mol. The fourth-order valence-electron chi connectivity index (χ4n) is 2.44. The maximum atomic E-state index is 13.7. The van der Waals surface area contributed by atoms with Crippen LogP contribution < -0.4 is 0 Å². The van der Waals surface area contributed by atoms with E-state index in [1.165, 1.54) is 17.8 Å². The van der Waals surface area contributed by atoms with Gasteiger partial charge >= 0.3 is 0 Å². The van der Waals surface area contributed by atoms with Crippen LogP contribution in [0.25, 0.3) is 5.69 Å². The normalized spacial score (nSPS) is 12.3. The highest BCUT2D eigenvalue weighted by molar-refractivity contribution is 7.99. The Labute approximate surface area is 143 Å². The molecule has 0 saturated heterocycles. The number of thioether (sulfide) groups is 1. The summed E-state index contributed by atoms with van der Waals surface area (Å²) in [7, 11) is 0. The monoisotopic (exact) mass is 346 g/mol. The van der Waals surface area contributed by atoms with Crippen molar-refractivity contribution in [2.75, 3.05) is 5.75 Å². The zero-order chi connectivity index (χ0) is 17.1. The van der Waals surface area contributed by atoms with Crippen molar-refractivity contribution in [3.05, 3.63) is 77.6 Å². The van der Waals surface area contributed by atoms with E-state index in [1.54, 1.807) is 6.20 Å². The summed E-state index contributed by atoms with van der Waals surface area (Å²) < 4.78 is 29.3. The number of aliphatic hydroxyl groups is 1. The molecule has 3 aromatic rings. The minimum absolute atomic E-state index is 0.0979. The Hall–Kier alpha value is -2.18. The van der Waals surface area contributed by atoms with Crippen LogP contribution in [0.1, 0.15) is 17.2 Å². The van der Waals surface area contributed by atoms with Crippen molar-refractivity contribution in [1.82, 2.24) is 9.55 Å². The first-order valence-corrected chi connectivity index (χ1v) is 8.40. The van der Waals surface area contributed by atoms with E-state index in [2.05, 4.69) is 4.98 Å². The van der Waals surface area contributed by atoms with Crippen LogP contribution in [0.4, 0.5) is 8.78 Å². The molecule has 1 unspecified atom stereocenters. The molecule has 1 heterocycles. The smallest absolute Gasteiger partial charge is 0.172 e. The first kappa shape index (κ1) is 16.7. The van der Waals surface area contributed by atoms with Gasteiger partial charge in [0.25, 0.3) is 0 Å². The molecular weight excluding hydrogens is 330 g/mol. The van der Waals surface area contributed by atoms with Crippen LogP contribution in [-0.4, -0.2) is 20.4 Å². The Balaban J connectivity index is 1.78. The van der Waals surface area contributed by atoms with E-state index in [0.29, 0.717) is 5.16 Å². The third-order valence-corrected chi connectivity index (χ3v) is 4.63. The second kappa shape index (κ2) is 7.15. The van der Waals surface area contributed by atoms with Crippen LogP contribution in [0.3, 0.4) is 0 Å². The fourth-order valence-corrected chi connectivity index (χ4v) is 3.35. The average Bonchev–Trinajstić information content (AvgIpc) is 3.01. The second-order valence-electron chi connectivity index (χ2n) is 5.38. The largest absolute Gasteiger partial charge is 0.387 e. The number of hydrogen-bond acceptors (Lipinski definition) is 3. The molecule has 6 heteroatoms. The summed E-state index contributed by atoms with van der Waals surface area (Å²) in [4.78, 5) is 4.26. The second-order valence-corrected chi connectivity index (χ2v) is 6.37. The Morgan fingerprint density at radius 3 is 2.58 bits per heavy atom. The van der Waals surface area contributed by atoms with Crippen LogP contribution in [0, 0.1) is 18.6 Å². The summed E-state index contributed by atoms with van der Waals surface area (Å²) in [5.41, 5.74) is 1.76. The van der Waals surface area contributed by atoms with Crippen molar-refractivity contribution >= 4 is 11.8 Å². The Morgan fingerprint density at radius 2 is 1.88 bits per heavy atom. The quantitative estimate of drug-likeness (QED) is 0.701. The Kier molecular flexibility index (Phi) is 4.97. The van der Waals surface area contributed by atoms with Crippen LogP contribution in [0.15, 0.2) is 60.0 Å². The maximum absolute atomic E-state index is 13.7. The first-order valence-electron chi connectivity index (χ1n) is 7.41. The average molecular weight is 346 g/mol. The topological polar surface area (TPSA) is 38.0 Å². The zero-order valence-corrected chi connectivity index (χ0v) is 13.8. The molecule has 0 spiro atoms. The van der Waals surface area contributed by atoms with Crippen molar-refractivity contribution in [2.24, 2.45) is 0 Å². The van der Waals surface area contributed by atoms with Gasteiger partial charge < -0.3 is 5.11 Å². The number of imidazole rings is 1. The molecule has 0 aliphatic rings.